The summed E-state index contributed by atoms with van der Waals surface area (Å²) >= 11 is 5.77. The molecule has 2 aromatic carbocycles. The molecule has 0 aliphatic carbocycles. The molecule has 0 bridgehead atoms. The monoisotopic (exact) mass is 831 g/mol. The molecule has 336 valence electrons. The summed E-state index contributed by atoms with van der Waals surface area (Å²) in [4.78, 5) is 0.847. The number of benzene rings is 2. The molecule has 3 heteroatoms. The molecule has 0 radical (unpaired) electrons. The van der Waals surface area contributed by atoms with E-state index in [1.165, 1.54) is 211 Å². The standard InChI is InChI=1S/C56H94O2S/c1-4-7-9-11-13-15-17-19-21-23-25-27-29-31-33-35-40-47-57-54-49-51(45-46-56(59)52-43-38-37-39-44-52)50-55(53(54)42-6-3)58-48-41-36-34-32-30-28-26-24-22-20-18-16-14-12-10-8-5-2/h37-39,43-46,49-50H,4-36,40-42,47-48H2,1-3H3. The molecule has 2 nitrogen and oxygen atoms in total. The minimum atomic E-state index is 0.767. The van der Waals surface area contributed by atoms with E-state index in [1.807, 2.05) is 18.2 Å². The van der Waals surface area contributed by atoms with Crippen LogP contribution in [0.1, 0.15) is 262 Å². The van der Waals surface area contributed by atoms with Crippen molar-refractivity contribution >= 4 is 23.2 Å². The van der Waals surface area contributed by atoms with E-state index in [4.69, 9.17) is 21.7 Å². The Morgan fingerprint density at radius 1 is 0.424 bits per heavy atom. The molecular weight excluding hydrogens is 737 g/mol. The fourth-order valence-electron chi connectivity index (χ4n) is 8.38. The third-order valence-electron chi connectivity index (χ3n) is 12.2. The number of ether oxygens (including phenoxy) is 2. The van der Waals surface area contributed by atoms with Crippen LogP contribution in [0, 0.1) is 0 Å². The Kier molecular flexibility index (Phi) is 35.9. The molecule has 0 saturated heterocycles. The number of thiocarbonyl (C=S) groups is 1. The smallest absolute Gasteiger partial charge is 0.126 e. The number of rotatable bonds is 43. The lowest BCUT2D eigenvalue weighted by atomic mass is 10.0. The Morgan fingerprint density at radius 2 is 0.746 bits per heavy atom. The predicted octanol–water partition coefficient (Wildman–Crippen LogP) is 19.1. The summed E-state index contributed by atoms with van der Waals surface area (Å²) in [5.74, 6) is 1.99. The Balaban J connectivity index is 1.71. The average molecular weight is 831 g/mol. The van der Waals surface area contributed by atoms with Crippen LogP contribution in [0.4, 0.5) is 0 Å². The van der Waals surface area contributed by atoms with Crippen LogP contribution in [0.3, 0.4) is 0 Å². The highest BCUT2D eigenvalue weighted by Gasteiger charge is 2.13. The molecular formula is C56H94O2S. The summed E-state index contributed by atoms with van der Waals surface area (Å²) in [6.45, 7) is 8.40. The number of hydrogen-bond donors (Lipinski definition) is 0. The van der Waals surface area contributed by atoms with E-state index >= 15 is 0 Å². The van der Waals surface area contributed by atoms with Crippen LogP contribution in [-0.2, 0) is 6.42 Å². The number of unbranched alkanes of at least 4 members (excludes halogenated alkanes) is 32. The van der Waals surface area contributed by atoms with E-state index in [0.29, 0.717) is 0 Å². The van der Waals surface area contributed by atoms with Crippen molar-refractivity contribution in [3.05, 3.63) is 65.2 Å². The Morgan fingerprint density at radius 3 is 1.07 bits per heavy atom. The van der Waals surface area contributed by atoms with Gasteiger partial charge in [0.1, 0.15) is 11.5 Å². The molecule has 0 amide bonds. The van der Waals surface area contributed by atoms with Crippen LogP contribution in [0.5, 0.6) is 11.5 Å². The molecule has 0 saturated carbocycles. The summed E-state index contributed by atoms with van der Waals surface area (Å²) in [6, 6.07) is 14.7. The molecule has 0 heterocycles. The van der Waals surface area contributed by atoms with Gasteiger partial charge < -0.3 is 9.47 Å². The van der Waals surface area contributed by atoms with E-state index in [0.717, 1.165) is 66.4 Å². The van der Waals surface area contributed by atoms with Crippen LogP contribution in [0.25, 0.3) is 6.08 Å². The topological polar surface area (TPSA) is 18.5 Å². The molecule has 0 aromatic heterocycles. The van der Waals surface area contributed by atoms with Crippen molar-refractivity contribution in [2.24, 2.45) is 0 Å². The van der Waals surface area contributed by atoms with Gasteiger partial charge in [0, 0.05) is 10.4 Å². The molecule has 0 aliphatic heterocycles. The fraction of sp³-hybridized carbons (Fsp3) is 0.732. The second-order valence-electron chi connectivity index (χ2n) is 17.8. The van der Waals surface area contributed by atoms with Gasteiger partial charge in [-0.2, -0.15) is 0 Å². The highest BCUT2D eigenvalue weighted by Crippen LogP contribution is 2.33. The zero-order valence-electron chi connectivity index (χ0n) is 39.3. The zero-order chi connectivity index (χ0) is 42.1. The van der Waals surface area contributed by atoms with E-state index in [9.17, 15) is 0 Å². The maximum Gasteiger partial charge on any atom is 0.126 e. The summed E-state index contributed by atoms with van der Waals surface area (Å²) in [5.41, 5.74) is 3.40. The van der Waals surface area contributed by atoms with Gasteiger partial charge in [0.05, 0.1) is 13.2 Å². The maximum atomic E-state index is 6.58. The van der Waals surface area contributed by atoms with Crippen LogP contribution >= 0.6 is 12.2 Å². The highest BCUT2D eigenvalue weighted by molar-refractivity contribution is 7.81. The van der Waals surface area contributed by atoms with Gasteiger partial charge in [-0.3, -0.25) is 0 Å². The lowest BCUT2D eigenvalue weighted by Crippen LogP contribution is -2.05. The van der Waals surface area contributed by atoms with Crippen molar-refractivity contribution in [1.29, 1.82) is 0 Å². The third-order valence-corrected chi connectivity index (χ3v) is 12.6. The summed E-state index contributed by atoms with van der Waals surface area (Å²) < 4.78 is 13.2. The first kappa shape index (κ1) is 53.0. The Bertz CT molecular complexity index is 1190. The van der Waals surface area contributed by atoms with E-state index in [1.54, 1.807) is 0 Å². The van der Waals surface area contributed by atoms with E-state index in [2.05, 4.69) is 57.2 Å². The summed E-state index contributed by atoms with van der Waals surface area (Å²) in [7, 11) is 0. The molecule has 0 aliphatic rings. The van der Waals surface area contributed by atoms with Gasteiger partial charge in [0.2, 0.25) is 0 Å². The van der Waals surface area contributed by atoms with Gasteiger partial charge in [-0.05, 0) is 48.6 Å². The normalized spacial score (nSPS) is 11.5. The van der Waals surface area contributed by atoms with Crippen molar-refractivity contribution in [2.45, 2.75) is 252 Å². The second-order valence-corrected chi connectivity index (χ2v) is 18.3. The Hall–Kier alpha value is -2.13. The van der Waals surface area contributed by atoms with Gasteiger partial charge in [-0.25, -0.2) is 0 Å². The average Bonchev–Trinajstić information content (AvgIpc) is 3.25. The molecule has 0 spiro atoms. The van der Waals surface area contributed by atoms with Gasteiger partial charge in [0.25, 0.3) is 0 Å². The predicted molar refractivity (Wildman–Crippen MR) is 267 cm³/mol. The highest BCUT2D eigenvalue weighted by atomic mass is 32.1. The minimum Gasteiger partial charge on any atom is -0.493 e. The number of hydrogen-bond acceptors (Lipinski definition) is 3. The van der Waals surface area contributed by atoms with Crippen LogP contribution in [0.2, 0.25) is 0 Å². The molecule has 0 N–H and O–H groups in total. The summed E-state index contributed by atoms with van der Waals surface area (Å²) in [6.07, 6.45) is 53.4. The second kappa shape index (κ2) is 40.0. The molecule has 0 atom stereocenters. The Labute approximate surface area is 372 Å². The van der Waals surface area contributed by atoms with Gasteiger partial charge in [-0.15, -0.1) is 0 Å². The van der Waals surface area contributed by atoms with Crippen LogP contribution in [0.15, 0.2) is 48.5 Å². The molecule has 59 heavy (non-hydrogen) atoms. The van der Waals surface area contributed by atoms with Crippen LogP contribution < -0.4 is 9.47 Å². The molecule has 2 aromatic rings. The lowest BCUT2D eigenvalue weighted by Gasteiger charge is -2.18. The molecule has 0 fully saturated rings. The maximum absolute atomic E-state index is 6.58. The quantitative estimate of drug-likeness (QED) is 0.0287. The number of allylic oxidation sites excluding steroid dienone is 1. The minimum absolute atomic E-state index is 0.767. The van der Waals surface area contributed by atoms with Crippen molar-refractivity contribution < 1.29 is 9.47 Å². The largest absolute Gasteiger partial charge is 0.493 e. The third kappa shape index (κ3) is 29.7. The van der Waals surface area contributed by atoms with Gasteiger partial charge in [0.15, 0.2) is 0 Å². The van der Waals surface area contributed by atoms with Crippen molar-refractivity contribution in [3.8, 4) is 11.5 Å². The first-order valence-electron chi connectivity index (χ1n) is 25.9. The van der Waals surface area contributed by atoms with E-state index in [-0.39, 0.29) is 0 Å². The van der Waals surface area contributed by atoms with Crippen molar-refractivity contribution in [1.82, 2.24) is 0 Å². The van der Waals surface area contributed by atoms with Crippen LogP contribution in [-0.4, -0.2) is 18.1 Å². The fourth-order valence-corrected chi connectivity index (χ4v) is 8.58. The van der Waals surface area contributed by atoms with Gasteiger partial charge in [-0.1, -0.05) is 281 Å². The molecule has 2 rings (SSSR count). The molecule has 0 unspecified atom stereocenters. The van der Waals surface area contributed by atoms with Gasteiger partial charge >= 0.3 is 0 Å². The lowest BCUT2D eigenvalue weighted by molar-refractivity contribution is 0.284. The summed E-state index contributed by atoms with van der Waals surface area (Å²) in [5, 5.41) is 0. The zero-order valence-corrected chi connectivity index (χ0v) is 40.1. The van der Waals surface area contributed by atoms with Crippen molar-refractivity contribution in [3.63, 3.8) is 0 Å². The van der Waals surface area contributed by atoms with Crippen molar-refractivity contribution in [2.75, 3.05) is 13.2 Å². The first-order chi connectivity index (χ1) is 29.2. The first-order valence-corrected chi connectivity index (χ1v) is 26.3. The van der Waals surface area contributed by atoms with E-state index < -0.39 is 0 Å². The SMILES string of the molecule is CCCCCCCCCCCCCCCCCCCOc1cc(C=CC(=S)c2ccccc2)cc(OCCCCCCCCCCCCCCCCCCC)c1CCC.